The first-order valence-corrected chi connectivity index (χ1v) is 11.6. The quantitative estimate of drug-likeness (QED) is 0.596. The number of hydrogen-bond donors (Lipinski definition) is 1. The van der Waals surface area contributed by atoms with Gasteiger partial charge >= 0.3 is 0 Å². The van der Waals surface area contributed by atoms with E-state index in [1.807, 2.05) is 45.0 Å². The summed E-state index contributed by atoms with van der Waals surface area (Å²) in [4.78, 5) is 40.9. The average Bonchev–Trinajstić information content (AvgIpc) is 3.20. The van der Waals surface area contributed by atoms with Crippen molar-refractivity contribution in [3.8, 4) is 5.75 Å². The molecule has 0 aromatic heterocycles. The molecule has 3 amide bonds. The van der Waals surface area contributed by atoms with Crippen LogP contribution in [-0.2, 0) is 20.8 Å². The zero-order valence-electron chi connectivity index (χ0n) is 19.3. The number of carbonyl (C=O) groups excluding carboxylic acids is 3. The Morgan fingerprint density at radius 1 is 1.15 bits per heavy atom. The zero-order chi connectivity index (χ0) is 24.0. The fraction of sp³-hybridized carbons (Fsp3) is 0.400. The van der Waals surface area contributed by atoms with Crippen molar-refractivity contribution in [1.29, 1.82) is 0 Å². The van der Waals surface area contributed by atoms with Crippen LogP contribution in [0.1, 0.15) is 32.8 Å². The third kappa shape index (κ3) is 5.85. The number of carbonyl (C=O) groups is 3. The summed E-state index contributed by atoms with van der Waals surface area (Å²) in [5, 5.41) is 3.13. The van der Waals surface area contributed by atoms with Crippen LogP contribution >= 0.6 is 11.6 Å². The first kappa shape index (κ1) is 24.6. The number of aryl methyl sites for hydroxylation is 1. The van der Waals surface area contributed by atoms with E-state index in [0.29, 0.717) is 36.1 Å². The highest BCUT2D eigenvalue weighted by Gasteiger charge is 2.35. The highest BCUT2D eigenvalue weighted by molar-refractivity contribution is 6.32. The topological polar surface area (TPSA) is 79.0 Å². The Morgan fingerprint density at radius 3 is 2.55 bits per heavy atom. The van der Waals surface area contributed by atoms with Crippen molar-refractivity contribution in [1.82, 2.24) is 4.90 Å². The monoisotopic (exact) mass is 471 g/mol. The molecule has 33 heavy (non-hydrogen) atoms. The van der Waals surface area contributed by atoms with Crippen molar-refractivity contribution >= 4 is 40.7 Å². The van der Waals surface area contributed by atoms with E-state index in [0.717, 1.165) is 17.7 Å². The number of benzene rings is 2. The molecular weight excluding hydrogens is 442 g/mol. The lowest BCUT2D eigenvalue weighted by Gasteiger charge is -2.20. The largest absolute Gasteiger partial charge is 0.482 e. The Morgan fingerprint density at radius 2 is 1.88 bits per heavy atom. The summed E-state index contributed by atoms with van der Waals surface area (Å²) in [6.45, 7) is 7.32. The van der Waals surface area contributed by atoms with Gasteiger partial charge < -0.3 is 19.9 Å². The van der Waals surface area contributed by atoms with E-state index >= 15 is 0 Å². The Kier molecular flexibility index (Phi) is 8.33. The second kappa shape index (κ2) is 11.2. The molecule has 1 aliphatic rings. The molecule has 1 heterocycles. The first-order chi connectivity index (χ1) is 15.9. The molecule has 1 N–H and O–H groups in total. The number of anilines is 2. The lowest BCUT2D eigenvalue weighted by atomic mass is 10.1. The number of likely N-dealkylation sites (N-methyl/N-ethyl adjacent to an activating group) is 1. The molecule has 1 fully saturated rings. The van der Waals surface area contributed by atoms with Gasteiger partial charge in [-0.25, -0.2) is 0 Å². The Balaban J connectivity index is 1.61. The Labute approximate surface area is 199 Å². The molecule has 1 atom stereocenters. The minimum Gasteiger partial charge on any atom is -0.482 e. The summed E-state index contributed by atoms with van der Waals surface area (Å²) in [5.74, 6) is -0.497. The number of ether oxygens (including phenoxy) is 1. The van der Waals surface area contributed by atoms with Gasteiger partial charge in [0, 0.05) is 37.4 Å². The SMILES string of the molecule is CCc1ccccc1N1CC(C(=O)Nc2ccc(OCC(=O)N(CC)CC)c(Cl)c2)CC1=O. The van der Waals surface area contributed by atoms with E-state index in [9.17, 15) is 14.4 Å². The smallest absolute Gasteiger partial charge is 0.260 e. The normalized spacial score (nSPS) is 15.5. The Bertz CT molecular complexity index is 1020. The number of halogens is 1. The van der Waals surface area contributed by atoms with Crippen LogP contribution in [0.25, 0.3) is 0 Å². The molecule has 1 unspecified atom stereocenters. The highest BCUT2D eigenvalue weighted by atomic mass is 35.5. The summed E-state index contributed by atoms with van der Waals surface area (Å²) in [6.07, 6.45) is 0.969. The maximum atomic E-state index is 12.8. The molecular formula is C25H30ClN3O4. The molecule has 2 aromatic rings. The van der Waals surface area contributed by atoms with Crippen LogP contribution in [0, 0.1) is 5.92 Å². The van der Waals surface area contributed by atoms with Gasteiger partial charge in [0.15, 0.2) is 6.61 Å². The summed E-state index contributed by atoms with van der Waals surface area (Å²) >= 11 is 6.30. The molecule has 1 saturated heterocycles. The van der Waals surface area contributed by atoms with Gasteiger partial charge in [-0.3, -0.25) is 14.4 Å². The van der Waals surface area contributed by atoms with Crippen molar-refractivity contribution in [3.05, 3.63) is 53.1 Å². The summed E-state index contributed by atoms with van der Waals surface area (Å²) in [5.41, 5.74) is 2.45. The molecule has 3 rings (SSSR count). The summed E-state index contributed by atoms with van der Waals surface area (Å²) < 4.78 is 5.55. The first-order valence-electron chi connectivity index (χ1n) is 11.3. The van der Waals surface area contributed by atoms with E-state index in [1.165, 1.54) is 0 Å². The predicted octanol–water partition coefficient (Wildman–Crippen LogP) is 4.14. The van der Waals surface area contributed by atoms with Crippen molar-refractivity contribution in [2.45, 2.75) is 33.6 Å². The summed E-state index contributed by atoms with van der Waals surface area (Å²) in [7, 11) is 0. The van der Waals surface area contributed by atoms with E-state index < -0.39 is 5.92 Å². The lowest BCUT2D eigenvalue weighted by Crippen LogP contribution is -2.34. The Hall–Kier alpha value is -3.06. The van der Waals surface area contributed by atoms with E-state index in [4.69, 9.17) is 16.3 Å². The van der Waals surface area contributed by atoms with Crippen LogP contribution in [0.3, 0.4) is 0 Å². The van der Waals surface area contributed by atoms with Crippen molar-refractivity contribution in [3.63, 3.8) is 0 Å². The summed E-state index contributed by atoms with van der Waals surface area (Å²) in [6, 6.07) is 12.6. The number of hydrogen-bond acceptors (Lipinski definition) is 4. The number of nitrogens with one attached hydrogen (secondary N) is 1. The maximum Gasteiger partial charge on any atom is 0.260 e. The molecule has 176 valence electrons. The fourth-order valence-electron chi connectivity index (χ4n) is 3.94. The van der Waals surface area contributed by atoms with Gasteiger partial charge in [0.2, 0.25) is 11.8 Å². The third-order valence-corrected chi connectivity index (χ3v) is 6.12. The van der Waals surface area contributed by atoms with Crippen LogP contribution in [-0.4, -0.2) is 48.9 Å². The third-order valence-electron chi connectivity index (χ3n) is 5.83. The van der Waals surface area contributed by atoms with Crippen LogP contribution in [0.5, 0.6) is 5.75 Å². The number of nitrogens with zero attached hydrogens (tertiary/aromatic N) is 2. The molecule has 7 nitrogen and oxygen atoms in total. The second-order valence-corrected chi connectivity index (χ2v) is 8.28. The van der Waals surface area contributed by atoms with Gasteiger partial charge in [-0.15, -0.1) is 0 Å². The predicted molar refractivity (Wildman–Crippen MR) is 130 cm³/mol. The molecule has 0 spiro atoms. The number of rotatable bonds is 9. The molecule has 0 bridgehead atoms. The van der Waals surface area contributed by atoms with E-state index in [-0.39, 0.29) is 30.7 Å². The molecule has 2 aromatic carbocycles. The van der Waals surface area contributed by atoms with Crippen LogP contribution in [0.15, 0.2) is 42.5 Å². The molecule has 8 heteroatoms. The molecule has 0 aliphatic carbocycles. The minimum atomic E-state index is -0.455. The number of amides is 3. The van der Waals surface area contributed by atoms with Gasteiger partial charge in [0.25, 0.3) is 5.91 Å². The van der Waals surface area contributed by atoms with Crippen LogP contribution in [0.4, 0.5) is 11.4 Å². The molecule has 1 aliphatic heterocycles. The van der Waals surface area contributed by atoms with Gasteiger partial charge in [-0.2, -0.15) is 0 Å². The van der Waals surface area contributed by atoms with Crippen molar-refractivity contribution in [2.75, 3.05) is 36.5 Å². The van der Waals surface area contributed by atoms with Crippen molar-refractivity contribution in [2.24, 2.45) is 5.92 Å². The second-order valence-electron chi connectivity index (χ2n) is 7.88. The molecule has 0 radical (unpaired) electrons. The van der Waals surface area contributed by atoms with Gasteiger partial charge in [0.1, 0.15) is 5.75 Å². The highest BCUT2D eigenvalue weighted by Crippen LogP contribution is 2.31. The zero-order valence-corrected chi connectivity index (χ0v) is 20.0. The minimum absolute atomic E-state index is 0.0595. The van der Waals surface area contributed by atoms with E-state index in [2.05, 4.69) is 5.32 Å². The number of para-hydroxylation sites is 1. The maximum absolute atomic E-state index is 12.8. The fourth-order valence-corrected chi connectivity index (χ4v) is 4.17. The standard InChI is InChI=1S/C25H30ClN3O4/c1-4-17-9-7-8-10-21(17)29-15-18(13-23(29)30)25(32)27-19-11-12-22(20(26)14-19)33-16-24(31)28(5-2)6-3/h7-12,14,18H,4-6,13,15-16H2,1-3H3,(H,27,32). The van der Waals surface area contributed by atoms with Gasteiger partial charge in [0.05, 0.1) is 10.9 Å². The van der Waals surface area contributed by atoms with Gasteiger partial charge in [-0.05, 0) is 50.1 Å². The molecule has 0 saturated carbocycles. The average molecular weight is 472 g/mol. The van der Waals surface area contributed by atoms with Crippen molar-refractivity contribution < 1.29 is 19.1 Å². The van der Waals surface area contributed by atoms with Gasteiger partial charge in [-0.1, -0.05) is 36.7 Å². The van der Waals surface area contributed by atoms with Crippen LogP contribution < -0.4 is 15.0 Å². The van der Waals surface area contributed by atoms with Crippen LogP contribution in [0.2, 0.25) is 5.02 Å². The van der Waals surface area contributed by atoms with E-state index in [1.54, 1.807) is 28.0 Å². The lowest BCUT2D eigenvalue weighted by molar-refractivity contribution is -0.133.